The fourth-order valence-corrected chi connectivity index (χ4v) is 0.334. The Labute approximate surface area is 54.8 Å². The van der Waals surface area contributed by atoms with Crippen LogP contribution in [-0.4, -0.2) is 12.9 Å². The van der Waals surface area contributed by atoms with Crippen LogP contribution < -0.4 is 0 Å². The van der Waals surface area contributed by atoms with E-state index in [1.54, 1.807) is 13.0 Å². The van der Waals surface area contributed by atoms with E-state index in [-0.39, 0.29) is 0 Å². The molecule has 0 N–H and O–H groups in total. The standard InChI is InChI=1S/C7H10O2/c1-3-6-9-7(2)4-5-8/h3-5H,1,6H2,2H3. The molecule has 0 amide bonds. The van der Waals surface area contributed by atoms with Gasteiger partial charge in [0.25, 0.3) is 0 Å². The van der Waals surface area contributed by atoms with Crippen LogP contribution in [0.5, 0.6) is 0 Å². The van der Waals surface area contributed by atoms with Crippen molar-refractivity contribution in [2.24, 2.45) is 0 Å². The topological polar surface area (TPSA) is 26.3 Å². The Hall–Kier alpha value is -1.05. The molecule has 0 spiro atoms. The third kappa shape index (κ3) is 4.81. The van der Waals surface area contributed by atoms with Crippen molar-refractivity contribution in [3.63, 3.8) is 0 Å². The molecule has 0 unspecified atom stereocenters. The van der Waals surface area contributed by atoms with Gasteiger partial charge in [-0.05, 0) is 6.92 Å². The predicted octanol–water partition coefficient (Wildman–Crippen LogP) is 1.29. The zero-order chi connectivity index (χ0) is 7.11. The summed E-state index contributed by atoms with van der Waals surface area (Å²) in [6.07, 6.45) is 3.68. The highest BCUT2D eigenvalue weighted by molar-refractivity contribution is 5.65. The Morgan fingerprint density at radius 2 is 2.44 bits per heavy atom. The molecule has 0 aromatic heterocycles. The average Bonchev–Trinajstić information content (AvgIpc) is 1.85. The number of hydrogen-bond acceptors (Lipinski definition) is 2. The van der Waals surface area contributed by atoms with Gasteiger partial charge in [0.05, 0.1) is 5.76 Å². The Kier molecular flexibility index (Phi) is 4.50. The van der Waals surface area contributed by atoms with Gasteiger partial charge in [0.2, 0.25) is 0 Å². The van der Waals surface area contributed by atoms with Crippen LogP contribution in [0.25, 0.3) is 0 Å². The Balaban J connectivity index is 3.47. The van der Waals surface area contributed by atoms with Crippen LogP contribution in [0.1, 0.15) is 6.92 Å². The molecule has 0 rings (SSSR count). The third-order valence-electron chi connectivity index (χ3n) is 0.732. The Bertz CT molecular complexity index is 125. The normalized spacial score (nSPS) is 10.6. The smallest absolute Gasteiger partial charge is 0.146 e. The zero-order valence-electron chi connectivity index (χ0n) is 5.46. The van der Waals surface area contributed by atoms with Gasteiger partial charge in [-0.25, -0.2) is 0 Å². The summed E-state index contributed by atoms with van der Waals surface area (Å²) in [7, 11) is 0. The molecule has 0 saturated heterocycles. The molecule has 0 aliphatic carbocycles. The van der Waals surface area contributed by atoms with Gasteiger partial charge >= 0.3 is 0 Å². The summed E-state index contributed by atoms with van der Waals surface area (Å²) in [5.74, 6) is 0.616. The highest BCUT2D eigenvalue weighted by Crippen LogP contribution is 1.91. The largest absolute Gasteiger partial charge is 0.494 e. The van der Waals surface area contributed by atoms with Gasteiger partial charge in [-0.15, -0.1) is 0 Å². The molecule has 9 heavy (non-hydrogen) atoms. The van der Waals surface area contributed by atoms with Crippen LogP contribution in [0.2, 0.25) is 0 Å². The third-order valence-corrected chi connectivity index (χ3v) is 0.732. The number of rotatable bonds is 4. The number of carbonyl (C=O) groups is 1. The molecule has 0 aliphatic heterocycles. The molecule has 0 bridgehead atoms. The van der Waals surface area contributed by atoms with E-state index in [1.165, 1.54) is 6.08 Å². The lowest BCUT2D eigenvalue weighted by atomic mass is 10.5. The summed E-state index contributed by atoms with van der Waals surface area (Å²) in [5.41, 5.74) is 0. The second-order valence-electron chi connectivity index (χ2n) is 1.51. The van der Waals surface area contributed by atoms with Crippen molar-refractivity contribution in [1.29, 1.82) is 0 Å². The zero-order valence-corrected chi connectivity index (χ0v) is 5.46. The number of ether oxygens (including phenoxy) is 1. The van der Waals surface area contributed by atoms with Crippen molar-refractivity contribution < 1.29 is 9.53 Å². The first-order valence-electron chi connectivity index (χ1n) is 2.67. The SMILES string of the molecule is C=CCOC(C)=CC=O. The van der Waals surface area contributed by atoms with Crippen LogP contribution >= 0.6 is 0 Å². The molecule has 0 aromatic carbocycles. The number of aldehydes is 1. The van der Waals surface area contributed by atoms with E-state index in [4.69, 9.17) is 4.74 Å². The summed E-state index contributed by atoms with van der Waals surface area (Å²) in [6, 6.07) is 0. The van der Waals surface area contributed by atoms with E-state index in [1.807, 2.05) is 0 Å². The summed E-state index contributed by atoms with van der Waals surface area (Å²) in [4.78, 5) is 9.80. The van der Waals surface area contributed by atoms with Crippen LogP contribution in [0.4, 0.5) is 0 Å². The fourth-order valence-electron chi connectivity index (χ4n) is 0.334. The summed E-state index contributed by atoms with van der Waals surface area (Å²) >= 11 is 0. The Morgan fingerprint density at radius 1 is 1.78 bits per heavy atom. The molecule has 0 fully saturated rings. The van der Waals surface area contributed by atoms with Gasteiger partial charge in [0.15, 0.2) is 0 Å². The number of hydrogen-bond donors (Lipinski definition) is 0. The highest BCUT2D eigenvalue weighted by Gasteiger charge is 1.82. The molecular weight excluding hydrogens is 116 g/mol. The number of carbonyl (C=O) groups excluding carboxylic acids is 1. The highest BCUT2D eigenvalue weighted by atomic mass is 16.5. The molecule has 0 aliphatic rings. The van der Waals surface area contributed by atoms with Crippen molar-refractivity contribution in [3.05, 3.63) is 24.5 Å². The lowest BCUT2D eigenvalue weighted by molar-refractivity contribution is -0.104. The van der Waals surface area contributed by atoms with Crippen LogP contribution in [0, 0.1) is 0 Å². The summed E-state index contributed by atoms with van der Waals surface area (Å²) in [5, 5.41) is 0. The average molecular weight is 126 g/mol. The first kappa shape index (κ1) is 7.95. The van der Waals surface area contributed by atoms with Gasteiger partial charge in [0, 0.05) is 6.08 Å². The van der Waals surface area contributed by atoms with Gasteiger partial charge < -0.3 is 4.74 Å². The lowest BCUT2D eigenvalue weighted by Crippen LogP contribution is -1.87. The maximum Gasteiger partial charge on any atom is 0.146 e. The van der Waals surface area contributed by atoms with E-state index in [0.717, 1.165) is 0 Å². The molecule has 2 nitrogen and oxygen atoms in total. The van der Waals surface area contributed by atoms with E-state index in [2.05, 4.69) is 6.58 Å². The molecule has 0 atom stereocenters. The van der Waals surface area contributed by atoms with Gasteiger partial charge in [-0.2, -0.15) is 0 Å². The minimum atomic E-state index is 0.455. The molecule has 50 valence electrons. The second-order valence-corrected chi connectivity index (χ2v) is 1.51. The minimum Gasteiger partial charge on any atom is -0.494 e. The monoisotopic (exact) mass is 126 g/mol. The quantitative estimate of drug-likeness (QED) is 0.245. The second kappa shape index (κ2) is 5.09. The first-order valence-corrected chi connectivity index (χ1v) is 2.67. The van der Waals surface area contributed by atoms with Crippen molar-refractivity contribution >= 4 is 6.29 Å². The molecular formula is C7H10O2. The number of allylic oxidation sites excluding steroid dienone is 2. The van der Waals surface area contributed by atoms with E-state index < -0.39 is 0 Å². The van der Waals surface area contributed by atoms with E-state index in [0.29, 0.717) is 18.7 Å². The van der Waals surface area contributed by atoms with Crippen molar-refractivity contribution in [2.45, 2.75) is 6.92 Å². The summed E-state index contributed by atoms with van der Waals surface area (Å²) in [6.45, 7) is 5.63. The predicted molar refractivity (Wildman–Crippen MR) is 36.0 cm³/mol. The maximum atomic E-state index is 9.80. The molecule has 0 saturated carbocycles. The molecule has 2 heteroatoms. The van der Waals surface area contributed by atoms with Gasteiger partial charge in [-0.1, -0.05) is 12.7 Å². The maximum absolute atomic E-state index is 9.80. The molecule has 0 heterocycles. The molecule has 0 aromatic rings. The van der Waals surface area contributed by atoms with Crippen LogP contribution in [0.15, 0.2) is 24.5 Å². The van der Waals surface area contributed by atoms with Crippen molar-refractivity contribution in [2.75, 3.05) is 6.61 Å². The summed E-state index contributed by atoms with van der Waals surface area (Å²) < 4.78 is 4.94. The first-order chi connectivity index (χ1) is 4.31. The van der Waals surface area contributed by atoms with E-state index in [9.17, 15) is 4.79 Å². The Morgan fingerprint density at radius 3 is 2.89 bits per heavy atom. The van der Waals surface area contributed by atoms with Gasteiger partial charge in [0.1, 0.15) is 12.9 Å². The van der Waals surface area contributed by atoms with Crippen molar-refractivity contribution in [3.8, 4) is 0 Å². The minimum absolute atomic E-state index is 0.455. The fraction of sp³-hybridized carbons (Fsp3) is 0.286. The molecule has 0 radical (unpaired) electrons. The van der Waals surface area contributed by atoms with Crippen molar-refractivity contribution in [1.82, 2.24) is 0 Å². The lowest BCUT2D eigenvalue weighted by Gasteiger charge is -1.98. The van der Waals surface area contributed by atoms with Crippen LogP contribution in [0.3, 0.4) is 0 Å². The van der Waals surface area contributed by atoms with Gasteiger partial charge in [-0.3, -0.25) is 4.79 Å². The van der Waals surface area contributed by atoms with Crippen LogP contribution in [-0.2, 0) is 9.53 Å². The van der Waals surface area contributed by atoms with E-state index >= 15 is 0 Å².